The molecule has 1 aliphatic rings. The Morgan fingerprint density at radius 2 is 1.73 bits per heavy atom. The Kier molecular flexibility index (Phi) is 5.20. The van der Waals surface area contributed by atoms with Crippen LogP contribution in [0, 0.1) is 0 Å². The molecule has 1 saturated carbocycles. The zero-order chi connectivity index (χ0) is 18.6. The van der Waals surface area contributed by atoms with Crippen molar-refractivity contribution in [3.05, 3.63) is 65.7 Å². The van der Waals surface area contributed by atoms with E-state index in [9.17, 15) is 18.0 Å². The molecule has 0 unspecified atom stereocenters. The Morgan fingerprint density at radius 1 is 1.04 bits per heavy atom. The molecule has 0 atom stereocenters. The average molecular weight is 363 g/mol. The third-order valence-electron chi connectivity index (χ3n) is 4.90. The molecule has 1 aliphatic carbocycles. The monoisotopic (exact) mass is 363 g/mol. The van der Waals surface area contributed by atoms with E-state index in [1.165, 1.54) is 18.2 Å². The molecule has 1 amide bonds. The molecule has 3 rings (SSSR count). The number of ether oxygens (including phenoxy) is 1. The average Bonchev–Trinajstić information content (AvgIpc) is 3.10. The van der Waals surface area contributed by atoms with Gasteiger partial charge in [0.25, 0.3) is 0 Å². The van der Waals surface area contributed by atoms with E-state index in [0.29, 0.717) is 5.56 Å². The SMILES string of the molecule is O=CN(Cc1cccc(OC(F)(F)F)c1)C1(c2ccccc2)CCCC1. The summed E-state index contributed by atoms with van der Waals surface area (Å²) >= 11 is 0. The lowest BCUT2D eigenvalue weighted by atomic mass is 9.86. The molecule has 26 heavy (non-hydrogen) atoms. The summed E-state index contributed by atoms with van der Waals surface area (Å²) in [4.78, 5) is 13.6. The third kappa shape index (κ3) is 4.00. The van der Waals surface area contributed by atoms with E-state index in [1.807, 2.05) is 30.3 Å². The van der Waals surface area contributed by atoms with Gasteiger partial charge >= 0.3 is 6.36 Å². The summed E-state index contributed by atoms with van der Waals surface area (Å²) in [7, 11) is 0. The van der Waals surface area contributed by atoms with Gasteiger partial charge in [0, 0.05) is 6.54 Å². The first kappa shape index (κ1) is 18.3. The fourth-order valence-electron chi connectivity index (χ4n) is 3.78. The van der Waals surface area contributed by atoms with Crippen molar-refractivity contribution in [1.82, 2.24) is 4.90 Å². The highest BCUT2D eigenvalue weighted by Crippen LogP contribution is 2.44. The smallest absolute Gasteiger partial charge is 0.406 e. The van der Waals surface area contributed by atoms with Crippen LogP contribution >= 0.6 is 0 Å². The maximum Gasteiger partial charge on any atom is 0.573 e. The number of benzene rings is 2. The fraction of sp³-hybridized carbons (Fsp3) is 0.350. The zero-order valence-electron chi connectivity index (χ0n) is 14.2. The van der Waals surface area contributed by atoms with Gasteiger partial charge in [-0.15, -0.1) is 13.2 Å². The van der Waals surface area contributed by atoms with Crippen molar-refractivity contribution < 1.29 is 22.7 Å². The number of hydrogen-bond donors (Lipinski definition) is 0. The van der Waals surface area contributed by atoms with Crippen LogP contribution in [-0.4, -0.2) is 17.7 Å². The van der Waals surface area contributed by atoms with Gasteiger partial charge in [-0.3, -0.25) is 4.79 Å². The van der Waals surface area contributed by atoms with Crippen molar-refractivity contribution >= 4 is 6.41 Å². The lowest BCUT2D eigenvalue weighted by molar-refractivity contribution is -0.274. The molecule has 6 heteroatoms. The first-order valence-corrected chi connectivity index (χ1v) is 8.55. The fourth-order valence-corrected chi connectivity index (χ4v) is 3.78. The zero-order valence-corrected chi connectivity index (χ0v) is 14.2. The van der Waals surface area contributed by atoms with Crippen molar-refractivity contribution in [3.63, 3.8) is 0 Å². The molecule has 2 aromatic carbocycles. The Morgan fingerprint density at radius 3 is 2.35 bits per heavy atom. The van der Waals surface area contributed by atoms with Gasteiger partial charge in [0.2, 0.25) is 6.41 Å². The van der Waals surface area contributed by atoms with E-state index >= 15 is 0 Å². The molecule has 0 radical (unpaired) electrons. The quantitative estimate of drug-likeness (QED) is 0.675. The number of halogens is 3. The normalized spacial score (nSPS) is 16.3. The van der Waals surface area contributed by atoms with Crippen LogP contribution < -0.4 is 4.74 Å². The van der Waals surface area contributed by atoms with Gasteiger partial charge in [-0.2, -0.15) is 0 Å². The van der Waals surface area contributed by atoms with Crippen molar-refractivity contribution in [2.45, 2.75) is 44.1 Å². The van der Waals surface area contributed by atoms with E-state index < -0.39 is 11.9 Å². The number of amides is 1. The molecule has 0 aromatic heterocycles. The summed E-state index contributed by atoms with van der Waals surface area (Å²) < 4.78 is 41.3. The highest BCUT2D eigenvalue weighted by atomic mass is 19.4. The Bertz CT molecular complexity index is 740. The molecular formula is C20H20F3NO2. The second-order valence-corrected chi connectivity index (χ2v) is 6.53. The predicted octanol–water partition coefficient (Wildman–Crippen LogP) is 5.01. The van der Waals surface area contributed by atoms with E-state index in [1.54, 1.807) is 11.0 Å². The number of hydrogen-bond acceptors (Lipinski definition) is 2. The van der Waals surface area contributed by atoms with Crippen LogP contribution in [0.2, 0.25) is 0 Å². The largest absolute Gasteiger partial charge is 0.573 e. The molecule has 0 aliphatic heterocycles. The summed E-state index contributed by atoms with van der Waals surface area (Å²) in [5, 5.41) is 0. The summed E-state index contributed by atoms with van der Waals surface area (Å²) in [6.45, 7) is 0.230. The highest BCUT2D eigenvalue weighted by molar-refractivity contribution is 5.51. The summed E-state index contributed by atoms with van der Waals surface area (Å²) in [6.07, 6.45) is -0.231. The Labute approximate surface area is 150 Å². The molecule has 2 aromatic rings. The highest BCUT2D eigenvalue weighted by Gasteiger charge is 2.40. The molecule has 0 heterocycles. The second kappa shape index (κ2) is 7.40. The number of carbonyl (C=O) groups excluding carboxylic acids is 1. The lowest BCUT2D eigenvalue weighted by Gasteiger charge is -2.39. The standard InChI is InChI=1S/C20H20F3NO2/c21-20(22,23)26-18-10-6-7-16(13-18)14-24(15-25)19(11-4-5-12-19)17-8-2-1-3-9-17/h1-3,6-10,13,15H,4-5,11-12,14H2. The Hall–Kier alpha value is -2.50. The lowest BCUT2D eigenvalue weighted by Crippen LogP contribution is -2.43. The van der Waals surface area contributed by atoms with E-state index in [-0.39, 0.29) is 12.3 Å². The van der Waals surface area contributed by atoms with Gasteiger partial charge in [-0.05, 0) is 36.1 Å². The minimum atomic E-state index is -4.74. The minimum absolute atomic E-state index is 0.230. The van der Waals surface area contributed by atoms with Gasteiger partial charge in [0.1, 0.15) is 5.75 Å². The molecule has 0 saturated heterocycles. The predicted molar refractivity (Wildman–Crippen MR) is 91.3 cm³/mol. The van der Waals surface area contributed by atoms with Gasteiger partial charge in [-0.1, -0.05) is 55.3 Å². The van der Waals surface area contributed by atoms with Crippen LogP contribution in [-0.2, 0) is 16.9 Å². The van der Waals surface area contributed by atoms with Gasteiger partial charge < -0.3 is 9.64 Å². The third-order valence-corrected chi connectivity index (χ3v) is 4.90. The number of alkyl halides is 3. The van der Waals surface area contributed by atoms with Crippen LogP contribution in [0.1, 0.15) is 36.8 Å². The van der Waals surface area contributed by atoms with Crippen molar-refractivity contribution in [3.8, 4) is 5.75 Å². The van der Waals surface area contributed by atoms with Crippen LogP contribution in [0.3, 0.4) is 0 Å². The van der Waals surface area contributed by atoms with Crippen LogP contribution in [0.25, 0.3) is 0 Å². The van der Waals surface area contributed by atoms with Crippen molar-refractivity contribution in [2.75, 3.05) is 0 Å². The molecule has 1 fully saturated rings. The first-order chi connectivity index (χ1) is 12.4. The number of nitrogens with zero attached hydrogens (tertiary/aromatic N) is 1. The molecule has 3 nitrogen and oxygen atoms in total. The van der Waals surface area contributed by atoms with Gasteiger partial charge in [0.05, 0.1) is 5.54 Å². The number of rotatable bonds is 6. The molecule has 0 bridgehead atoms. The van der Waals surface area contributed by atoms with Crippen molar-refractivity contribution in [2.24, 2.45) is 0 Å². The van der Waals surface area contributed by atoms with Crippen LogP contribution in [0.5, 0.6) is 5.75 Å². The minimum Gasteiger partial charge on any atom is -0.406 e. The second-order valence-electron chi connectivity index (χ2n) is 6.53. The molecule has 138 valence electrons. The van der Waals surface area contributed by atoms with E-state index in [0.717, 1.165) is 37.7 Å². The van der Waals surface area contributed by atoms with Crippen molar-refractivity contribution in [1.29, 1.82) is 0 Å². The topological polar surface area (TPSA) is 29.5 Å². The molecular weight excluding hydrogens is 343 g/mol. The number of carbonyl (C=O) groups is 1. The van der Waals surface area contributed by atoms with E-state index in [2.05, 4.69) is 4.74 Å². The molecule has 0 spiro atoms. The summed E-state index contributed by atoms with van der Waals surface area (Å²) in [5.41, 5.74) is 1.25. The Balaban J connectivity index is 1.87. The van der Waals surface area contributed by atoms with Gasteiger partial charge in [0.15, 0.2) is 0 Å². The van der Waals surface area contributed by atoms with E-state index in [4.69, 9.17) is 0 Å². The molecule has 0 N–H and O–H groups in total. The maximum atomic E-state index is 12.4. The maximum absolute atomic E-state index is 12.4. The summed E-state index contributed by atoms with van der Waals surface area (Å²) in [5.74, 6) is -0.277. The summed E-state index contributed by atoms with van der Waals surface area (Å²) in [6, 6.07) is 15.6. The first-order valence-electron chi connectivity index (χ1n) is 8.55. The van der Waals surface area contributed by atoms with Crippen LogP contribution in [0.4, 0.5) is 13.2 Å². The van der Waals surface area contributed by atoms with Crippen LogP contribution in [0.15, 0.2) is 54.6 Å². The van der Waals surface area contributed by atoms with Gasteiger partial charge in [-0.25, -0.2) is 0 Å².